The number of rotatable bonds is 1. The zero-order valence-electron chi connectivity index (χ0n) is 10.2. The van der Waals surface area contributed by atoms with Crippen LogP contribution in [0.4, 0.5) is 0 Å². The Morgan fingerprint density at radius 1 is 1.31 bits per heavy atom. The molecule has 0 amide bonds. The van der Waals surface area contributed by atoms with Crippen LogP contribution in [0, 0.1) is 5.92 Å². The van der Waals surface area contributed by atoms with Gasteiger partial charge in [0.2, 0.25) is 0 Å². The molecule has 1 atom stereocenters. The maximum Gasteiger partial charge on any atom is 0.0482 e. The van der Waals surface area contributed by atoms with Gasteiger partial charge in [-0.05, 0) is 36.8 Å². The van der Waals surface area contributed by atoms with E-state index in [4.69, 9.17) is 0 Å². The summed E-state index contributed by atoms with van der Waals surface area (Å²) in [5, 5.41) is 1.48. The average molecular weight is 213 g/mol. The van der Waals surface area contributed by atoms with Crippen molar-refractivity contribution in [2.45, 2.75) is 32.6 Å². The van der Waals surface area contributed by atoms with Crippen molar-refractivity contribution in [3.63, 3.8) is 0 Å². The van der Waals surface area contributed by atoms with E-state index in [-0.39, 0.29) is 0 Å². The Bertz CT molecular complexity index is 521. The third-order valence-corrected chi connectivity index (χ3v) is 4.20. The highest BCUT2D eigenvalue weighted by Gasteiger charge is 2.22. The lowest BCUT2D eigenvalue weighted by atomic mass is 9.85. The summed E-state index contributed by atoms with van der Waals surface area (Å²) >= 11 is 0. The summed E-state index contributed by atoms with van der Waals surface area (Å²) in [5.74, 6) is 0.901. The Morgan fingerprint density at radius 2 is 2.12 bits per heavy atom. The van der Waals surface area contributed by atoms with E-state index in [9.17, 15) is 0 Å². The molecule has 1 unspecified atom stereocenters. The minimum Gasteiger partial charge on any atom is -0.347 e. The molecular weight excluding hydrogens is 194 g/mol. The summed E-state index contributed by atoms with van der Waals surface area (Å²) < 4.78 is 2.40. The zero-order valence-corrected chi connectivity index (χ0v) is 10.2. The second-order valence-corrected chi connectivity index (χ2v) is 5.02. The van der Waals surface area contributed by atoms with E-state index in [1.165, 1.54) is 36.6 Å². The van der Waals surface area contributed by atoms with Crippen molar-refractivity contribution in [1.29, 1.82) is 0 Å². The highest BCUT2D eigenvalue weighted by atomic mass is 15.0. The van der Waals surface area contributed by atoms with Crippen LogP contribution in [0.25, 0.3) is 10.9 Å². The molecule has 1 nitrogen and oxygen atoms in total. The molecule has 1 aromatic heterocycles. The monoisotopic (exact) mass is 213 g/mol. The lowest BCUT2D eigenvalue weighted by Crippen LogP contribution is -2.14. The molecule has 0 saturated carbocycles. The van der Waals surface area contributed by atoms with Crippen LogP contribution in [-0.2, 0) is 19.9 Å². The number of para-hydroxylation sites is 1. The van der Waals surface area contributed by atoms with Crippen LogP contribution in [0.15, 0.2) is 24.3 Å². The van der Waals surface area contributed by atoms with Crippen LogP contribution in [0.2, 0.25) is 0 Å². The van der Waals surface area contributed by atoms with Gasteiger partial charge in [0.25, 0.3) is 0 Å². The van der Waals surface area contributed by atoms with E-state index in [1.807, 2.05) is 0 Å². The molecule has 3 rings (SSSR count). The number of aryl methyl sites for hydroxylation is 1. The van der Waals surface area contributed by atoms with Crippen molar-refractivity contribution in [2.75, 3.05) is 0 Å². The molecule has 84 valence electrons. The Kier molecular flexibility index (Phi) is 2.27. The van der Waals surface area contributed by atoms with Crippen LogP contribution < -0.4 is 0 Å². The van der Waals surface area contributed by atoms with Gasteiger partial charge in [0.1, 0.15) is 0 Å². The molecule has 1 heterocycles. The summed E-state index contributed by atoms with van der Waals surface area (Å²) in [6, 6.07) is 8.84. The maximum absolute atomic E-state index is 2.40. The molecule has 1 aromatic carbocycles. The number of aromatic nitrogens is 1. The average Bonchev–Trinajstić information content (AvgIpc) is 2.64. The number of fused-ring (bicyclic) bond motifs is 3. The third kappa shape index (κ3) is 1.31. The summed E-state index contributed by atoms with van der Waals surface area (Å²) in [4.78, 5) is 0. The van der Waals surface area contributed by atoms with E-state index in [0.717, 1.165) is 5.92 Å². The summed E-state index contributed by atoms with van der Waals surface area (Å²) in [6.45, 7) is 2.32. The van der Waals surface area contributed by atoms with Crippen LogP contribution in [0.5, 0.6) is 0 Å². The van der Waals surface area contributed by atoms with E-state index in [2.05, 4.69) is 42.8 Å². The Morgan fingerprint density at radius 3 is 2.94 bits per heavy atom. The quantitative estimate of drug-likeness (QED) is 0.681. The Labute approximate surface area is 97.1 Å². The number of benzene rings is 1. The molecule has 0 aliphatic heterocycles. The lowest BCUT2D eigenvalue weighted by Gasteiger charge is -2.22. The van der Waals surface area contributed by atoms with Crippen molar-refractivity contribution in [3.8, 4) is 0 Å². The Balaban J connectivity index is 2.21. The van der Waals surface area contributed by atoms with Gasteiger partial charge in [-0.1, -0.05) is 31.5 Å². The van der Waals surface area contributed by atoms with Crippen molar-refractivity contribution in [2.24, 2.45) is 13.0 Å². The lowest BCUT2D eigenvalue weighted by molar-refractivity contribution is 0.439. The van der Waals surface area contributed by atoms with Crippen LogP contribution in [-0.4, -0.2) is 4.57 Å². The van der Waals surface area contributed by atoms with Crippen molar-refractivity contribution < 1.29 is 0 Å². The van der Waals surface area contributed by atoms with Gasteiger partial charge < -0.3 is 4.57 Å². The molecule has 16 heavy (non-hydrogen) atoms. The standard InChI is InChI=1S/C15H19N/c1-3-11-8-9-15-13(10-11)12-6-4-5-7-14(12)16(15)2/h4-7,11H,3,8-10H2,1-2H3. The smallest absolute Gasteiger partial charge is 0.0482 e. The van der Waals surface area contributed by atoms with Crippen molar-refractivity contribution in [3.05, 3.63) is 35.5 Å². The minimum atomic E-state index is 0.901. The highest BCUT2D eigenvalue weighted by Crippen LogP contribution is 2.34. The van der Waals surface area contributed by atoms with Crippen molar-refractivity contribution in [1.82, 2.24) is 4.57 Å². The van der Waals surface area contributed by atoms with Gasteiger partial charge in [-0.2, -0.15) is 0 Å². The molecular formula is C15H19N. The molecule has 0 N–H and O–H groups in total. The second-order valence-electron chi connectivity index (χ2n) is 5.02. The molecule has 2 aromatic rings. The Hall–Kier alpha value is -1.24. The highest BCUT2D eigenvalue weighted by molar-refractivity contribution is 5.85. The van der Waals surface area contributed by atoms with E-state index >= 15 is 0 Å². The van der Waals surface area contributed by atoms with Crippen LogP contribution in [0.3, 0.4) is 0 Å². The molecule has 0 saturated heterocycles. The van der Waals surface area contributed by atoms with Crippen LogP contribution in [0.1, 0.15) is 31.0 Å². The molecule has 0 radical (unpaired) electrons. The fraction of sp³-hybridized carbons (Fsp3) is 0.467. The van der Waals surface area contributed by atoms with Gasteiger partial charge in [0.15, 0.2) is 0 Å². The normalized spacial score (nSPS) is 20.0. The number of hydrogen-bond donors (Lipinski definition) is 0. The van der Waals surface area contributed by atoms with E-state index in [1.54, 1.807) is 11.3 Å². The first-order valence-corrected chi connectivity index (χ1v) is 6.36. The summed E-state index contributed by atoms with van der Waals surface area (Å²) in [7, 11) is 2.22. The van der Waals surface area contributed by atoms with Gasteiger partial charge in [-0.25, -0.2) is 0 Å². The molecule has 1 heteroatoms. The summed E-state index contributed by atoms with van der Waals surface area (Å²) in [6.07, 6.45) is 5.24. The zero-order chi connectivity index (χ0) is 11.1. The molecule has 1 aliphatic rings. The first-order valence-electron chi connectivity index (χ1n) is 6.36. The van der Waals surface area contributed by atoms with Gasteiger partial charge in [0.05, 0.1) is 0 Å². The van der Waals surface area contributed by atoms with Gasteiger partial charge in [-0.3, -0.25) is 0 Å². The first kappa shape index (κ1) is 9.95. The SMILES string of the molecule is CCC1CCc2c(c3ccccc3n2C)C1. The summed E-state index contributed by atoms with van der Waals surface area (Å²) in [5.41, 5.74) is 4.60. The number of hydrogen-bond acceptors (Lipinski definition) is 0. The predicted molar refractivity (Wildman–Crippen MR) is 68.7 cm³/mol. The first-order chi connectivity index (χ1) is 7.81. The second kappa shape index (κ2) is 3.65. The predicted octanol–water partition coefficient (Wildman–Crippen LogP) is 3.69. The fourth-order valence-corrected chi connectivity index (χ4v) is 3.15. The van der Waals surface area contributed by atoms with Gasteiger partial charge in [-0.15, -0.1) is 0 Å². The largest absolute Gasteiger partial charge is 0.347 e. The molecule has 0 bridgehead atoms. The van der Waals surface area contributed by atoms with Gasteiger partial charge in [0, 0.05) is 23.6 Å². The molecule has 0 fully saturated rings. The molecule has 1 aliphatic carbocycles. The fourth-order valence-electron chi connectivity index (χ4n) is 3.15. The third-order valence-electron chi connectivity index (χ3n) is 4.20. The maximum atomic E-state index is 2.40. The molecule has 0 spiro atoms. The van der Waals surface area contributed by atoms with Gasteiger partial charge >= 0.3 is 0 Å². The topological polar surface area (TPSA) is 4.93 Å². The van der Waals surface area contributed by atoms with E-state index < -0.39 is 0 Å². The van der Waals surface area contributed by atoms with Crippen molar-refractivity contribution >= 4 is 10.9 Å². The minimum absolute atomic E-state index is 0.901. The van der Waals surface area contributed by atoms with Crippen LogP contribution >= 0.6 is 0 Å². The van der Waals surface area contributed by atoms with E-state index in [0.29, 0.717) is 0 Å². The number of nitrogens with zero attached hydrogens (tertiary/aromatic N) is 1.